The van der Waals surface area contributed by atoms with E-state index in [4.69, 9.17) is 9.47 Å². The van der Waals surface area contributed by atoms with E-state index in [1.807, 2.05) is 13.8 Å². The van der Waals surface area contributed by atoms with Crippen LogP contribution in [0.15, 0.2) is 0 Å². The van der Waals surface area contributed by atoms with Crippen molar-refractivity contribution < 1.29 is 14.3 Å². The van der Waals surface area contributed by atoms with Gasteiger partial charge in [-0.3, -0.25) is 4.79 Å². The third kappa shape index (κ3) is 4.76. The predicted molar refractivity (Wildman–Crippen MR) is 58.9 cm³/mol. The lowest BCUT2D eigenvalue weighted by Gasteiger charge is -2.14. The summed E-state index contributed by atoms with van der Waals surface area (Å²) in [6.07, 6.45) is 4.54. The van der Waals surface area contributed by atoms with Crippen LogP contribution in [-0.4, -0.2) is 31.7 Å². The second kappa shape index (κ2) is 6.96. The van der Waals surface area contributed by atoms with Gasteiger partial charge in [0.15, 0.2) is 5.78 Å². The third-order valence-electron chi connectivity index (χ3n) is 2.88. The molecule has 0 saturated heterocycles. The average Bonchev–Trinajstić information content (AvgIpc) is 2.76. The summed E-state index contributed by atoms with van der Waals surface area (Å²) in [4.78, 5) is 11.7. The van der Waals surface area contributed by atoms with Crippen LogP contribution in [0, 0.1) is 5.92 Å². The molecular weight excluding hydrogens is 192 g/mol. The lowest BCUT2D eigenvalue weighted by molar-refractivity contribution is -0.130. The van der Waals surface area contributed by atoms with Gasteiger partial charge < -0.3 is 9.47 Å². The van der Waals surface area contributed by atoms with Crippen molar-refractivity contribution in [1.29, 1.82) is 0 Å². The molecule has 0 spiro atoms. The van der Waals surface area contributed by atoms with Gasteiger partial charge in [-0.2, -0.15) is 0 Å². The number of carbonyl (C=O) groups is 1. The summed E-state index contributed by atoms with van der Waals surface area (Å²) in [5.74, 6) is 0.542. The van der Waals surface area contributed by atoms with Crippen LogP contribution in [0.25, 0.3) is 0 Å². The average molecular weight is 214 g/mol. The van der Waals surface area contributed by atoms with Crippen LogP contribution >= 0.6 is 0 Å². The monoisotopic (exact) mass is 214 g/mol. The summed E-state index contributed by atoms with van der Waals surface area (Å²) in [6, 6.07) is 0. The molecule has 0 N–H and O–H groups in total. The highest BCUT2D eigenvalue weighted by atomic mass is 16.5. The van der Waals surface area contributed by atoms with E-state index in [2.05, 4.69) is 0 Å². The Labute approximate surface area is 92.1 Å². The normalized spacial score (nSPS) is 19.3. The first-order valence-electron chi connectivity index (χ1n) is 5.96. The van der Waals surface area contributed by atoms with Gasteiger partial charge in [0.1, 0.15) is 6.61 Å². The van der Waals surface area contributed by atoms with E-state index in [-0.39, 0.29) is 24.4 Å². The Morgan fingerprint density at radius 3 is 2.67 bits per heavy atom. The van der Waals surface area contributed by atoms with Gasteiger partial charge in [-0.15, -0.1) is 0 Å². The number of rotatable bonds is 7. The van der Waals surface area contributed by atoms with Crippen molar-refractivity contribution >= 4 is 5.78 Å². The highest BCUT2D eigenvalue weighted by Crippen LogP contribution is 2.25. The largest absolute Gasteiger partial charge is 0.379 e. The van der Waals surface area contributed by atoms with Gasteiger partial charge in [0.05, 0.1) is 12.7 Å². The van der Waals surface area contributed by atoms with Crippen molar-refractivity contribution in [1.82, 2.24) is 0 Å². The molecule has 1 atom stereocenters. The molecule has 1 fully saturated rings. The fraction of sp³-hybridized carbons (Fsp3) is 0.917. The quantitative estimate of drug-likeness (QED) is 0.651. The number of ether oxygens (including phenoxy) is 2. The lowest BCUT2D eigenvalue weighted by Crippen LogP contribution is -2.23. The van der Waals surface area contributed by atoms with Gasteiger partial charge in [-0.1, -0.05) is 12.8 Å². The Balaban J connectivity index is 2.10. The molecule has 0 bridgehead atoms. The van der Waals surface area contributed by atoms with Crippen molar-refractivity contribution in [3.63, 3.8) is 0 Å². The Bertz CT molecular complexity index is 185. The van der Waals surface area contributed by atoms with Crippen LogP contribution in [-0.2, 0) is 14.3 Å². The molecule has 0 aromatic carbocycles. The minimum absolute atomic E-state index is 0.0234. The van der Waals surface area contributed by atoms with E-state index in [1.54, 1.807) is 0 Å². The van der Waals surface area contributed by atoms with E-state index < -0.39 is 0 Å². The van der Waals surface area contributed by atoms with Crippen molar-refractivity contribution in [2.24, 2.45) is 5.92 Å². The molecule has 1 rings (SSSR count). The van der Waals surface area contributed by atoms with Crippen molar-refractivity contribution in [2.45, 2.75) is 45.6 Å². The van der Waals surface area contributed by atoms with E-state index in [0.29, 0.717) is 13.2 Å². The summed E-state index contributed by atoms with van der Waals surface area (Å²) in [6.45, 7) is 5.44. The van der Waals surface area contributed by atoms with Crippen LogP contribution in [0.2, 0.25) is 0 Å². The molecule has 0 amide bonds. The lowest BCUT2D eigenvalue weighted by atomic mass is 10.0. The maximum Gasteiger partial charge on any atom is 0.161 e. The Kier molecular flexibility index (Phi) is 5.88. The molecule has 3 heteroatoms. The molecule has 0 radical (unpaired) electrons. The van der Waals surface area contributed by atoms with Crippen LogP contribution in [0.3, 0.4) is 0 Å². The highest BCUT2D eigenvalue weighted by Gasteiger charge is 2.22. The van der Waals surface area contributed by atoms with Crippen molar-refractivity contribution in [3.05, 3.63) is 0 Å². The van der Waals surface area contributed by atoms with Gasteiger partial charge in [-0.05, 0) is 26.7 Å². The molecule has 3 nitrogen and oxygen atoms in total. The van der Waals surface area contributed by atoms with E-state index >= 15 is 0 Å². The maximum absolute atomic E-state index is 11.7. The zero-order valence-electron chi connectivity index (χ0n) is 9.83. The number of hydrogen-bond acceptors (Lipinski definition) is 3. The molecule has 0 heterocycles. The predicted octanol–water partition coefficient (Wildman–Crippen LogP) is 2.19. The van der Waals surface area contributed by atoms with E-state index in [9.17, 15) is 4.79 Å². The molecule has 1 saturated carbocycles. The van der Waals surface area contributed by atoms with Gasteiger partial charge in [0.25, 0.3) is 0 Å². The van der Waals surface area contributed by atoms with E-state index in [1.165, 1.54) is 12.8 Å². The number of hydrogen-bond donors (Lipinski definition) is 0. The molecule has 0 aromatic rings. The van der Waals surface area contributed by atoms with Crippen LogP contribution in [0.4, 0.5) is 0 Å². The first-order chi connectivity index (χ1) is 7.24. The first-order valence-corrected chi connectivity index (χ1v) is 5.96. The second-order valence-electron chi connectivity index (χ2n) is 4.23. The Morgan fingerprint density at radius 2 is 2.07 bits per heavy atom. The highest BCUT2D eigenvalue weighted by molar-refractivity contribution is 5.82. The molecular formula is C12H22O3. The second-order valence-corrected chi connectivity index (χ2v) is 4.23. The molecule has 15 heavy (non-hydrogen) atoms. The molecule has 1 aliphatic carbocycles. The van der Waals surface area contributed by atoms with E-state index in [0.717, 1.165) is 12.8 Å². The third-order valence-corrected chi connectivity index (χ3v) is 2.88. The SMILES string of the molecule is CCOCC(C)OCC(=O)C1CCCC1. The molecule has 1 aliphatic rings. The first kappa shape index (κ1) is 12.7. The zero-order chi connectivity index (χ0) is 11.1. The molecule has 0 aromatic heterocycles. The summed E-state index contributed by atoms with van der Waals surface area (Å²) < 4.78 is 10.7. The summed E-state index contributed by atoms with van der Waals surface area (Å²) in [5.41, 5.74) is 0. The minimum Gasteiger partial charge on any atom is -0.379 e. The number of carbonyl (C=O) groups excluding carboxylic acids is 1. The van der Waals surface area contributed by atoms with Crippen LogP contribution in [0.1, 0.15) is 39.5 Å². The maximum atomic E-state index is 11.7. The minimum atomic E-state index is 0.0234. The molecule has 88 valence electrons. The van der Waals surface area contributed by atoms with Gasteiger partial charge in [0, 0.05) is 12.5 Å². The number of Topliss-reactive ketones (excluding diaryl/α,β-unsaturated/α-hetero) is 1. The standard InChI is InChI=1S/C12H22O3/c1-3-14-8-10(2)15-9-12(13)11-6-4-5-7-11/h10-11H,3-9H2,1-2H3. The zero-order valence-corrected chi connectivity index (χ0v) is 9.83. The fourth-order valence-corrected chi connectivity index (χ4v) is 1.92. The summed E-state index contributed by atoms with van der Waals surface area (Å²) in [7, 11) is 0. The molecule has 1 unspecified atom stereocenters. The van der Waals surface area contributed by atoms with Crippen LogP contribution < -0.4 is 0 Å². The van der Waals surface area contributed by atoms with Crippen molar-refractivity contribution in [2.75, 3.05) is 19.8 Å². The van der Waals surface area contributed by atoms with Gasteiger partial charge in [0.2, 0.25) is 0 Å². The summed E-state index contributed by atoms with van der Waals surface area (Å²) >= 11 is 0. The number of ketones is 1. The fourth-order valence-electron chi connectivity index (χ4n) is 1.92. The smallest absolute Gasteiger partial charge is 0.161 e. The van der Waals surface area contributed by atoms with Crippen molar-refractivity contribution in [3.8, 4) is 0 Å². The topological polar surface area (TPSA) is 35.5 Å². The van der Waals surface area contributed by atoms with Gasteiger partial charge >= 0.3 is 0 Å². The Hall–Kier alpha value is -0.410. The molecule has 0 aliphatic heterocycles. The summed E-state index contributed by atoms with van der Waals surface area (Å²) in [5, 5.41) is 0. The van der Waals surface area contributed by atoms with Crippen LogP contribution in [0.5, 0.6) is 0 Å². The Morgan fingerprint density at radius 1 is 1.40 bits per heavy atom. The van der Waals surface area contributed by atoms with Gasteiger partial charge in [-0.25, -0.2) is 0 Å².